The third-order valence-electron chi connectivity index (χ3n) is 3.55. The van der Waals surface area contributed by atoms with E-state index in [-0.39, 0.29) is 12.2 Å². The van der Waals surface area contributed by atoms with E-state index in [0.717, 1.165) is 6.42 Å². The van der Waals surface area contributed by atoms with Gasteiger partial charge in [-0.2, -0.15) is 0 Å². The Labute approximate surface area is 100 Å². The third-order valence-corrected chi connectivity index (χ3v) is 3.55. The fraction of sp³-hybridized carbons (Fsp3) is 1.00. The van der Waals surface area contributed by atoms with Crippen molar-refractivity contribution in [2.24, 2.45) is 11.8 Å². The summed E-state index contributed by atoms with van der Waals surface area (Å²) in [6, 6.07) is 0. The van der Waals surface area contributed by atoms with Crippen molar-refractivity contribution >= 4 is 0 Å². The highest BCUT2D eigenvalue weighted by Crippen LogP contribution is 2.26. The Hall–Kier alpha value is -0.0800. The minimum absolute atomic E-state index is 0.241. The Balaban J connectivity index is 2.15. The lowest BCUT2D eigenvalue weighted by Crippen LogP contribution is -2.29. The topological polar surface area (TPSA) is 29.5 Å². The molecule has 96 valence electrons. The molecule has 0 aromatic heterocycles. The van der Waals surface area contributed by atoms with Crippen molar-refractivity contribution in [3.05, 3.63) is 0 Å². The van der Waals surface area contributed by atoms with Gasteiger partial charge in [-0.25, -0.2) is 0 Å². The minimum Gasteiger partial charge on any atom is -0.390 e. The summed E-state index contributed by atoms with van der Waals surface area (Å²) in [7, 11) is 0. The van der Waals surface area contributed by atoms with Crippen LogP contribution in [-0.2, 0) is 4.74 Å². The largest absolute Gasteiger partial charge is 0.390 e. The quantitative estimate of drug-likeness (QED) is 0.755. The molecule has 0 saturated heterocycles. The lowest BCUT2D eigenvalue weighted by atomic mass is 9.85. The van der Waals surface area contributed by atoms with Crippen LogP contribution in [0.15, 0.2) is 0 Å². The van der Waals surface area contributed by atoms with Crippen LogP contribution in [0.2, 0.25) is 0 Å². The maximum atomic E-state index is 10.0. The average Bonchev–Trinajstić information content (AvgIpc) is 2.26. The molecule has 2 nitrogen and oxygen atoms in total. The van der Waals surface area contributed by atoms with Crippen LogP contribution in [0.1, 0.15) is 59.3 Å². The van der Waals surface area contributed by atoms with E-state index in [2.05, 4.69) is 20.8 Å². The van der Waals surface area contributed by atoms with E-state index in [4.69, 9.17) is 4.74 Å². The van der Waals surface area contributed by atoms with Crippen LogP contribution in [0.3, 0.4) is 0 Å². The highest BCUT2D eigenvalue weighted by atomic mass is 16.5. The number of ether oxygens (including phenoxy) is 1. The van der Waals surface area contributed by atoms with E-state index in [1.165, 1.54) is 32.1 Å². The fourth-order valence-electron chi connectivity index (χ4n) is 2.65. The van der Waals surface area contributed by atoms with Crippen molar-refractivity contribution in [2.45, 2.75) is 71.5 Å². The molecule has 0 bridgehead atoms. The molecule has 0 spiro atoms. The summed E-state index contributed by atoms with van der Waals surface area (Å²) in [6.45, 7) is 7.04. The Kier molecular flexibility index (Phi) is 6.37. The second kappa shape index (κ2) is 7.29. The van der Waals surface area contributed by atoms with Crippen LogP contribution in [0, 0.1) is 11.8 Å². The maximum Gasteiger partial charge on any atom is 0.0801 e. The summed E-state index contributed by atoms with van der Waals surface area (Å²) >= 11 is 0. The molecule has 0 aromatic rings. The molecule has 0 aliphatic heterocycles. The predicted octanol–water partition coefficient (Wildman–Crippen LogP) is 3.38. The van der Waals surface area contributed by atoms with Gasteiger partial charge in [-0.15, -0.1) is 0 Å². The Morgan fingerprint density at radius 1 is 1.12 bits per heavy atom. The lowest BCUT2D eigenvalue weighted by Gasteiger charge is -2.27. The molecule has 16 heavy (non-hydrogen) atoms. The molecule has 1 N–H and O–H groups in total. The zero-order chi connectivity index (χ0) is 12.0. The van der Waals surface area contributed by atoms with Crippen molar-refractivity contribution in [1.82, 2.24) is 0 Å². The van der Waals surface area contributed by atoms with Crippen LogP contribution >= 0.6 is 0 Å². The smallest absolute Gasteiger partial charge is 0.0801 e. The van der Waals surface area contributed by atoms with Gasteiger partial charge < -0.3 is 9.84 Å². The number of hydrogen-bond donors (Lipinski definition) is 1. The number of hydrogen-bond acceptors (Lipinski definition) is 2. The third kappa shape index (κ3) is 5.31. The summed E-state index contributed by atoms with van der Waals surface area (Å²) < 4.78 is 5.72. The van der Waals surface area contributed by atoms with Crippen molar-refractivity contribution in [1.29, 1.82) is 0 Å². The molecule has 1 aliphatic carbocycles. The van der Waals surface area contributed by atoms with E-state index in [1.807, 2.05) is 0 Å². The van der Waals surface area contributed by atoms with Gasteiger partial charge in [0.25, 0.3) is 0 Å². The second-order valence-corrected chi connectivity index (χ2v) is 5.74. The van der Waals surface area contributed by atoms with E-state index >= 15 is 0 Å². The van der Waals surface area contributed by atoms with Crippen LogP contribution in [0.25, 0.3) is 0 Å². The molecule has 1 saturated carbocycles. The summed E-state index contributed by atoms with van der Waals surface area (Å²) in [5.41, 5.74) is 0. The van der Waals surface area contributed by atoms with Gasteiger partial charge >= 0.3 is 0 Å². The maximum absolute atomic E-state index is 10.0. The van der Waals surface area contributed by atoms with Gasteiger partial charge in [0, 0.05) is 0 Å². The first-order valence-electron chi connectivity index (χ1n) is 6.89. The lowest BCUT2D eigenvalue weighted by molar-refractivity contribution is -0.0372. The molecule has 2 atom stereocenters. The molecule has 1 aliphatic rings. The number of aliphatic hydroxyl groups is 1. The van der Waals surface area contributed by atoms with Crippen LogP contribution in [0.5, 0.6) is 0 Å². The van der Waals surface area contributed by atoms with Crippen LogP contribution in [0.4, 0.5) is 0 Å². The van der Waals surface area contributed by atoms with E-state index < -0.39 is 0 Å². The van der Waals surface area contributed by atoms with Crippen molar-refractivity contribution < 1.29 is 9.84 Å². The average molecular weight is 228 g/mol. The molecule has 0 aromatic carbocycles. The zero-order valence-electron chi connectivity index (χ0n) is 11.1. The van der Waals surface area contributed by atoms with E-state index in [0.29, 0.717) is 18.4 Å². The zero-order valence-corrected chi connectivity index (χ0v) is 11.1. The highest BCUT2D eigenvalue weighted by molar-refractivity contribution is 4.73. The molecule has 2 heteroatoms. The van der Waals surface area contributed by atoms with Gasteiger partial charge in [-0.3, -0.25) is 0 Å². The van der Waals surface area contributed by atoms with E-state index in [9.17, 15) is 5.11 Å². The monoisotopic (exact) mass is 228 g/mol. The van der Waals surface area contributed by atoms with Gasteiger partial charge in [0.1, 0.15) is 0 Å². The standard InChI is InChI=1S/C14H28O2/c1-11(2)9-12(3)16-10-14(15)13-7-5-4-6-8-13/h11-15H,4-10H2,1-3H3. The summed E-state index contributed by atoms with van der Waals surface area (Å²) in [5, 5.41) is 10.0. The molecule has 1 rings (SSSR count). The van der Waals surface area contributed by atoms with E-state index in [1.54, 1.807) is 0 Å². The molecule has 0 amide bonds. The van der Waals surface area contributed by atoms with Gasteiger partial charge in [0.2, 0.25) is 0 Å². The summed E-state index contributed by atoms with van der Waals surface area (Å²) in [4.78, 5) is 0. The SMILES string of the molecule is CC(C)CC(C)OCC(O)C1CCCCC1. The first-order chi connectivity index (χ1) is 7.59. The van der Waals surface area contributed by atoms with Gasteiger partial charge in [-0.1, -0.05) is 33.1 Å². The minimum atomic E-state index is -0.241. The van der Waals surface area contributed by atoms with Crippen molar-refractivity contribution in [3.8, 4) is 0 Å². The fourth-order valence-corrected chi connectivity index (χ4v) is 2.65. The first-order valence-corrected chi connectivity index (χ1v) is 6.89. The number of aliphatic hydroxyl groups excluding tert-OH is 1. The van der Waals surface area contributed by atoms with Gasteiger partial charge in [-0.05, 0) is 38.0 Å². The summed E-state index contributed by atoms with van der Waals surface area (Å²) in [6.07, 6.45) is 7.39. The Morgan fingerprint density at radius 3 is 2.31 bits per heavy atom. The second-order valence-electron chi connectivity index (χ2n) is 5.74. The summed E-state index contributed by atoms with van der Waals surface area (Å²) in [5.74, 6) is 1.15. The molecule has 1 fully saturated rings. The highest BCUT2D eigenvalue weighted by Gasteiger charge is 2.22. The van der Waals surface area contributed by atoms with Gasteiger partial charge in [0.15, 0.2) is 0 Å². The van der Waals surface area contributed by atoms with Gasteiger partial charge in [0.05, 0.1) is 18.8 Å². The normalized spacial score (nSPS) is 22.3. The predicted molar refractivity (Wildman–Crippen MR) is 67.5 cm³/mol. The molecule has 0 heterocycles. The molecule has 2 unspecified atom stereocenters. The van der Waals surface area contributed by atoms with Crippen LogP contribution < -0.4 is 0 Å². The molecule has 0 radical (unpaired) electrons. The number of rotatable bonds is 6. The molecular formula is C14H28O2. The molecular weight excluding hydrogens is 200 g/mol. The Morgan fingerprint density at radius 2 is 1.75 bits per heavy atom. The van der Waals surface area contributed by atoms with Crippen LogP contribution in [-0.4, -0.2) is 23.9 Å². The first kappa shape index (κ1) is 14.0. The van der Waals surface area contributed by atoms with Crippen molar-refractivity contribution in [2.75, 3.05) is 6.61 Å². The van der Waals surface area contributed by atoms with Crippen molar-refractivity contribution in [3.63, 3.8) is 0 Å². The Bertz CT molecular complexity index is 174.